The Kier molecular flexibility index (Phi) is 6.22. The number of hydrogen-bond acceptors (Lipinski definition) is 5. The van der Waals surface area contributed by atoms with Crippen molar-refractivity contribution in [1.82, 2.24) is 10.2 Å². The number of benzene rings is 1. The predicted molar refractivity (Wildman–Crippen MR) is 83.4 cm³/mol. The summed E-state index contributed by atoms with van der Waals surface area (Å²) in [5.41, 5.74) is 0.906. The fraction of sp³-hybridized carbons (Fsp3) is 0.500. The summed E-state index contributed by atoms with van der Waals surface area (Å²) in [6.45, 7) is 2.05. The molecule has 1 aliphatic rings. The van der Waals surface area contributed by atoms with E-state index in [0.717, 1.165) is 11.3 Å². The lowest BCUT2D eigenvalue weighted by Gasteiger charge is -2.28. The van der Waals surface area contributed by atoms with E-state index in [2.05, 4.69) is 5.32 Å². The van der Waals surface area contributed by atoms with Gasteiger partial charge in [0.25, 0.3) is 0 Å². The Bertz CT molecular complexity index is 526. The molecule has 2 rings (SSSR count). The van der Waals surface area contributed by atoms with Crippen LogP contribution in [0, 0.1) is 0 Å². The molecule has 1 aromatic rings. The third-order valence-corrected chi connectivity index (χ3v) is 3.68. The normalized spacial score (nSPS) is 15.7. The van der Waals surface area contributed by atoms with Crippen molar-refractivity contribution >= 4 is 12.0 Å². The summed E-state index contributed by atoms with van der Waals surface area (Å²) in [4.78, 5) is 25.8. The minimum Gasteiger partial charge on any atom is -0.497 e. The number of morpholine rings is 1. The molecule has 0 unspecified atom stereocenters. The molecule has 1 atom stereocenters. The molecule has 1 N–H and O–H groups in total. The van der Waals surface area contributed by atoms with Crippen LogP contribution in [0.1, 0.15) is 5.56 Å². The Morgan fingerprint density at radius 2 is 1.87 bits per heavy atom. The first-order chi connectivity index (χ1) is 11.1. The first-order valence-electron chi connectivity index (χ1n) is 7.48. The topological polar surface area (TPSA) is 77.1 Å². The van der Waals surface area contributed by atoms with Crippen molar-refractivity contribution in [3.05, 3.63) is 29.8 Å². The lowest BCUT2D eigenvalue weighted by molar-refractivity contribution is -0.142. The molecular weight excluding hydrogens is 300 g/mol. The van der Waals surface area contributed by atoms with Gasteiger partial charge in [-0.05, 0) is 17.7 Å². The fourth-order valence-corrected chi connectivity index (χ4v) is 2.34. The third kappa shape index (κ3) is 4.85. The number of rotatable bonds is 5. The first-order valence-corrected chi connectivity index (χ1v) is 7.48. The maximum Gasteiger partial charge on any atom is 0.328 e. The number of amides is 2. The maximum atomic E-state index is 12.3. The van der Waals surface area contributed by atoms with Crippen molar-refractivity contribution in [3.63, 3.8) is 0 Å². The van der Waals surface area contributed by atoms with Crippen LogP contribution in [0.25, 0.3) is 0 Å². The van der Waals surface area contributed by atoms with Gasteiger partial charge in [-0.2, -0.15) is 0 Å². The largest absolute Gasteiger partial charge is 0.497 e. The SMILES string of the molecule is COC(=O)[C@H](Cc1ccc(OC)cc1)NC(=O)N1CCOCC1. The smallest absolute Gasteiger partial charge is 0.328 e. The minimum absolute atomic E-state index is 0.280. The van der Waals surface area contributed by atoms with Crippen LogP contribution >= 0.6 is 0 Å². The quantitative estimate of drug-likeness (QED) is 0.812. The second-order valence-corrected chi connectivity index (χ2v) is 5.18. The number of carbonyl (C=O) groups excluding carboxylic acids is 2. The van der Waals surface area contributed by atoms with E-state index in [4.69, 9.17) is 14.2 Å². The number of urea groups is 1. The molecule has 1 saturated heterocycles. The fourth-order valence-electron chi connectivity index (χ4n) is 2.34. The number of nitrogens with zero attached hydrogens (tertiary/aromatic N) is 1. The number of ether oxygens (including phenoxy) is 3. The summed E-state index contributed by atoms with van der Waals surface area (Å²) in [5.74, 6) is 0.267. The first kappa shape index (κ1) is 17.1. The van der Waals surface area contributed by atoms with Gasteiger partial charge >= 0.3 is 12.0 Å². The molecule has 1 aromatic carbocycles. The van der Waals surface area contributed by atoms with Crippen molar-refractivity contribution in [1.29, 1.82) is 0 Å². The standard InChI is InChI=1S/C16H22N2O5/c1-21-13-5-3-12(4-6-13)11-14(15(19)22-2)17-16(20)18-7-9-23-10-8-18/h3-6,14H,7-11H2,1-2H3,(H,17,20)/t14-/m0/s1. The molecule has 2 amide bonds. The lowest BCUT2D eigenvalue weighted by Crippen LogP contribution is -2.52. The number of nitrogens with one attached hydrogen (secondary N) is 1. The molecule has 0 aliphatic carbocycles. The molecule has 0 radical (unpaired) electrons. The van der Waals surface area contributed by atoms with Gasteiger partial charge in [0.05, 0.1) is 27.4 Å². The van der Waals surface area contributed by atoms with Gasteiger partial charge in [-0.1, -0.05) is 12.1 Å². The maximum absolute atomic E-state index is 12.3. The van der Waals surface area contributed by atoms with Gasteiger partial charge in [0.15, 0.2) is 0 Å². The van der Waals surface area contributed by atoms with Crippen LogP contribution in [0.3, 0.4) is 0 Å². The van der Waals surface area contributed by atoms with Gasteiger partial charge in [0.1, 0.15) is 11.8 Å². The zero-order valence-corrected chi connectivity index (χ0v) is 13.4. The van der Waals surface area contributed by atoms with Crippen LogP contribution in [-0.4, -0.2) is 63.5 Å². The van der Waals surface area contributed by atoms with E-state index in [-0.39, 0.29) is 6.03 Å². The van der Waals surface area contributed by atoms with E-state index in [1.54, 1.807) is 12.0 Å². The van der Waals surface area contributed by atoms with Gasteiger partial charge in [0.2, 0.25) is 0 Å². The summed E-state index contributed by atoms with van der Waals surface area (Å²) in [6.07, 6.45) is 0.354. The lowest BCUT2D eigenvalue weighted by atomic mass is 10.1. The van der Waals surface area contributed by atoms with Gasteiger partial charge in [0, 0.05) is 19.5 Å². The third-order valence-electron chi connectivity index (χ3n) is 3.68. The molecular formula is C16H22N2O5. The Morgan fingerprint density at radius 1 is 1.22 bits per heavy atom. The Morgan fingerprint density at radius 3 is 2.43 bits per heavy atom. The highest BCUT2D eigenvalue weighted by Crippen LogP contribution is 2.13. The molecule has 0 spiro atoms. The number of esters is 1. The summed E-state index contributed by atoms with van der Waals surface area (Å²) in [5, 5.41) is 2.74. The summed E-state index contributed by atoms with van der Waals surface area (Å²) in [7, 11) is 2.90. The van der Waals surface area contributed by atoms with Crippen molar-refractivity contribution in [2.75, 3.05) is 40.5 Å². The highest BCUT2D eigenvalue weighted by Gasteiger charge is 2.25. The van der Waals surface area contributed by atoms with Crippen LogP contribution in [0.5, 0.6) is 5.75 Å². The molecule has 126 valence electrons. The second-order valence-electron chi connectivity index (χ2n) is 5.18. The van der Waals surface area contributed by atoms with Crippen LogP contribution in [-0.2, 0) is 20.7 Å². The van der Waals surface area contributed by atoms with Gasteiger partial charge in [-0.25, -0.2) is 9.59 Å². The molecule has 7 heteroatoms. The number of carbonyl (C=O) groups is 2. The van der Waals surface area contributed by atoms with Crippen LogP contribution in [0.2, 0.25) is 0 Å². The number of methoxy groups -OCH3 is 2. The molecule has 0 bridgehead atoms. The zero-order chi connectivity index (χ0) is 16.7. The Balaban J connectivity index is 2.00. The van der Waals surface area contributed by atoms with Gasteiger partial charge in [-0.3, -0.25) is 0 Å². The van der Waals surface area contributed by atoms with E-state index in [1.165, 1.54) is 7.11 Å². The van der Waals surface area contributed by atoms with E-state index in [0.29, 0.717) is 32.7 Å². The molecule has 1 aliphatic heterocycles. The molecule has 23 heavy (non-hydrogen) atoms. The van der Waals surface area contributed by atoms with E-state index >= 15 is 0 Å². The molecule has 0 aromatic heterocycles. The van der Waals surface area contributed by atoms with Crippen molar-refractivity contribution in [2.45, 2.75) is 12.5 Å². The molecule has 1 fully saturated rings. The minimum atomic E-state index is -0.733. The van der Waals surface area contributed by atoms with E-state index in [1.807, 2.05) is 24.3 Å². The Hall–Kier alpha value is -2.28. The Labute approximate surface area is 135 Å². The van der Waals surface area contributed by atoms with Crippen molar-refractivity contribution < 1.29 is 23.8 Å². The summed E-state index contributed by atoms with van der Waals surface area (Å²) in [6, 6.07) is 6.33. The van der Waals surface area contributed by atoms with Gasteiger partial charge < -0.3 is 24.4 Å². The highest BCUT2D eigenvalue weighted by atomic mass is 16.5. The van der Waals surface area contributed by atoms with Crippen molar-refractivity contribution in [3.8, 4) is 5.75 Å². The second kappa shape index (κ2) is 8.38. The average Bonchev–Trinajstić information content (AvgIpc) is 2.61. The highest BCUT2D eigenvalue weighted by molar-refractivity contribution is 5.83. The zero-order valence-electron chi connectivity index (χ0n) is 13.4. The molecule has 1 heterocycles. The van der Waals surface area contributed by atoms with Crippen LogP contribution < -0.4 is 10.1 Å². The summed E-state index contributed by atoms with van der Waals surface area (Å²) >= 11 is 0. The molecule has 7 nitrogen and oxygen atoms in total. The van der Waals surface area contributed by atoms with E-state index in [9.17, 15) is 9.59 Å². The molecule has 0 saturated carbocycles. The monoisotopic (exact) mass is 322 g/mol. The van der Waals surface area contributed by atoms with E-state index < -0.39 is 12.0 Å². The average molecular weight is 322 g/mol. The van der Waals surface area contributed by atoms with Crippen molar-refractivity contribution in [2.24, 2.45) is 0 Å². The van der Waals surface area contributed by atoms with Crippen LogP contribution in [0.15, 0.2) is 24.3 Å². The summed E-state index contributed by atoms with van der Waals surface area (Å²) < 4.78 is 15.1. The predicted octanol–water partition coefficient (Wildman–Crippen LogP) is 0.821. The van der Waals surface area contributed by atoms with Crippen LogP contribution in [0.4, 0.5) is 4.79 Å². The number of hydrogen-bond donors (Lipinski definition) is 1. The van der Waals surface area contributed by atoms with Gasteiger partial charge in [-0.15, -0.1) is 0 Å².